The second kappa shape index (κ2) is 6.14. The van der Waals surface area contributed by atoms with Crippen molar-refractivity contribution in [1.29, 1.82) is 0 Å². The van der Waals surface area contributed by atoms with Gasteiger partial charge in [-0.05, 0) is 18.2 Å². The molecule has 0 aromatic heterocycles. The van der Waals surface area contributed by atoms with E-state index >= 15 is 0 Å². The molecule has 0 saturated heterocycles. The van der Waals surface area contributed by atoms with Crippen LogP contribution in [-0.4, -0.2) is 36.7 Å². The first-order valence-corrected chi connectivity index (χ1v) is 6.27. The number of oxime groups is 1. The summed E-state index contributed by atoms with van der Waals surface area (Å²) in [6.45, 7) is 3.01. The highest BCUT2D eigenvalue weighted by Crippen LogP contribution is 2.30. The van der Waals surface area contributed by atoms with Gasteiger partial charge < -0.3 is 25.7 Å². The van der Waals surface area contributed by atoms with Crippen molar-refractivity contribution >= 4 is 11.7 Å². The van der Waals surface area contributed by atoms with E-state index < -0.39 is 0 Å². The van der Waals surface area contributed by atoms with Crippen LogP contribution in [0.2, 0.25) is 0 Å². The zero-order valence-corrected chi connectivity index (χ0v) is 11.1. The Morgan fingerprint density at radius 1 is 1.45 bits per heavy atom. The number of carbonyl (C=O) groups excluding carboxylic acids is 1. The number of benzene rings is 1. The standard InChI is InChI=1S/C13H17N3O4/c1-8(12(14)16-18)7-15-13(17)9-2-3-10-11(6-9)20-5-4-19-10/h2-3,6,8,18H,4-5,7H2,1H3,(H2,14,16)(H,15,17). The highest BCUT2D eigenvalue weighted by Gasteiger charge is 2.16. The van der Waals surface area contributed by atoms with Crippen molar-refractivity contribution in [1.82, 2.24) is 5.32 Å². The fraction of sp³-hybridized carbons (Fsp3) is 0.385. The molecule has 20 heavy (non-hydrogen) atoms. The number of nitrogens with one attached hydrogen (secondary N) is 1. The molecule has 1 aromatic carbocycles. The van der Waals surface area contributed by atoms with Gasteiger partial charge in [-0.25, -0.2) is 0 Å². The van der Waals surface area contributed by atoms with E-state index in [2.05, 4.69) is 10.5 Å². The smallest absolute Gasteiger partial charge is 0.251 e. The van der Waals surface area contributed by atoms with E-state index in [4.69, 9.17) is 20.4 Å². The molecule has 0 fully saturated rings. The summed E-state index contributed by atoms with van der Waals surface area (Å²) in [6.07, 6.45) is 0. The second-order valence-corrected chi connectivity index (χ2v) is 4.49. The first kappa shape index (κ1) is 14.0. The average molecular weight is 279 g/mol. The molecule has 2 rings (SSSR count). The zero-order valence-electron chi connectivity index (χ0n) is 11.1. The van der Waals surface area contributed by atoms with Gasteiger partial charge in [0.05, 0.1) is 0 Å². The molecule has 1 aliphatic rings. The Bertz CT molecular complexity index is 530. The normalized spacial score (nSPS) is 15.6. The Hall–Kier alpha value is -2.44. The van der Waals surface area contributed by atoms with Gasteiger partial charge in [-0.15, -0.1) is 0 Å². The SMILES string of the molecule is CC(CNC(=O)c1ccc2c(c1)OCCO2)C(N)=NO. The van der Waals surface area contributed by atoms with Gasteiger partial charge in [0.1, 0.15) is 19.0 Å². The number of amides is 1. The van der Waals surface area contributed by atoms with Crippen molar-refractivity contribution < 1.29 is 19.5 Å². The van der Waals surface area contributed by atoms with Crippen LogP contribution in [-0.2, 0) is 0 Å². The summed E-state index contributed by atoms with van der Waals surface area (Å²) in [5.74, 6) is 0.777. The maximum Gasteiger partial charge on any atom is 0.251 e. The number of carbonyl (C=O) groups is 1. The van der Waals surface area contributed by atoms with Gasteiger partial charge in [0.25, 0.3) is 5.91 Å². The molecule has 7 nitrogen and oxygen atoms in total. The third-order valence-electron chi connectivity index (χ3n) is 2.99. The minimum Gasteiger partial charge on any atom is -0.486 e. The largest absolute Gasteiger partial charge is 0.486 e. The van der Waals surface area contributed by atoms with E-state index in [1.807, 2.05) is 0 Å². The molecule has 1 heterocycles. The maximum atomic E-state index is 12.0. The van der Waals surface area contributed by atoms with Gasteiger partial charge >= 0.3 is 0 Å². The minimum absolute atomic E-state index is 0.0764. The molecule has 1 atom stereocenters. The van der Waals surface area contributed by atoms with E-state index in [1.165, 1.54) is 0 Å². The molecule has 1 amide bonds. The van der Waals surface area contributed by atoms with E-state index in [-0.39, 0.29) is 24.2 Å². The van der Waals surface area contributed by atoms with Crippen molar-refractivity contribution in [3.63, 3.8) is 0 Å². The lowest BCUT2D eigenvalue weighted by molar-refractivity contribution is 0.0949. The Labute approximate surface area is 116 Å². The fourth-order valence-corrected chi connectivity index (χ4v) is 1.74. The lowest BCUT2D eigenvalue weighted by atomic mass is 10.1. The number of amidine groups is 1. The number of nitrogens with zero attached hydrogens (tertiary/aromatic N) is 1. The van der Waals surface area contributed by atoms with Gasteiger partial charge in [0, 0.05) is 18.0 Å². The number of fused-ring (bicyclic) bond motifs is 1. The fourth-order valence-electron chi connectivity index (χ4n) is 1.74. The molecule has 7 heteroatoms. The topological polar surface area (TPSA) is 106 Å². The number of nitrogens with two attached hydrogens (primary N) is 1. The predicted octanol–water partition coefficient (Wildman–Crippen LogP) is 0.570. The molecular weight excluding hydrogens is 262 g/mol. The van der Waals surface area contributed by atoms with Gasteiger partial charge in [-0.1, -0.05) is 12.1 Å². The highest BCUT2D eigenvalue weighted by atomic mass is 16.6. The highest BCUT2D eigenvalue weighted by molar-refractivity contribution is 5.95. The van der Waals surface area contributed by atoms with Crippen LogP contribution < -0.4 is 20.5 Å². The Morgan fingerprint density at radius 2 is 2.15 bits per heavy atom. The summed E-state index contributed by atoms with van der Waals surface area (Å²) >= 11 is 0. The van der Waals surface area contributed by atoms with Crippen LogP contribution in [0.25, 0.3) is 0 Å². The van der Waals surface area contributed by atoms with Gasteiger partial charge in [0.2, 0.25) is 0 Å². The Kier molecular flexibility index (Phi) is 4.29. The first-order valence-electron chi connectivity index (χ1n) is 6.27. The molecule has 1 unspecified atom stereocenters. The van der Waals surface area contributed by atoms with E-state index in [1.54, 1.807) is 25.1 Å². The first-order chi connectivity index (χ1) is 9.61. The number of ether oxygens (including phenoxy) is 2. The molecule has 0 aliphatic carbocycles. The average Bonchev–Trinajstić information content (AvgIpc) is 2.50. The van der Waals surface area contributed by atoms with E-state index in [0.717, 1.165) is 0 Å². The van der Waals surface area contributed by atoms with Crippen molar-refractivity contribution in [3.05, 3.63) is 23.8 Å². The molecule has 1 aromatic rings. The van der Waals surface area contributed by atoms with Crippen LogP contribution in [0, 0.1) is 5.92 Å². The molecule has 0 radical (unpaired) electrons. The number of hydrogen-bond donors (Lipinski definition) is 3. The van der Waals surface area contributed by atoms with Gasteiger partial charge in [-0.2, -0.15) is 0 Å². The van der Waals surface area contributed by atoms with Gasteiger partial charge in [0.15, 0.2) is 11.5 Å². The van der Waals surface area contributed by atoms with E-state index in [9.17, 15) is 4.79 Å². The molecule has 108 valence electrons. The Balaban J connectivity index is 1.99. The molecule has 1 aliphatic heterocycles. The molecular formula is C13H17N3O4. The number of rotatable bonds is 4. The quantitative estimate of drug-likeness (QED) is 0.323. The zero-order chi connectivity index (χ0) is 14.5. The summed E-state index contributed by atoms with van der Waals surface area (Å²) in [7, 11) is 0. The predicted molar refractivity (Wildman–Crippen MR) is 72.3 cm³/mol. The monoisotopic (exact) mass is 279 g/mol. The van der Waals surface area contributed by atoms with Gasteiger partial charge in [-0.3, -0.25) is 4.79 Å². The minimum atomic E-state index is -0.250. The lowest BCUT2D eigenvalue weighted by Gasteiger charge is -2.19. The molecule has 0 saturated carbocycles. The van der Waals surface area contributed by atoms with Crippen LogP contribution in [0.1, 0.15) is 17.3 Å². The summed E-state index contributed by atoms with van der Waals surface area (Å²) in [5.41, 5.74) is 5.92. The summed E-state index contributed by atoms with van der Waals surface area (Å²) < 4.78 is 10.8. The van der Waals surface area contributed by atoms with Crippen LogP contribution >= 0.6 is 0 Å². The van der Waals surface area contributed by atoms with Crippen LogP contribution in [0.4, 0.5) is 0 Å². The molecule has 0 spiro atoms. The third kappa shape index (κ3) is 3.11. The molecule has 4 N–H and O–H groups in total. The molecule has 0 bridgehead atoms. The maximum absolute atomic E-state index is 12.0. The Morgan fingerprint density at radius 3 is 2.85 bits per heavy atom. The van der Waals surface area contributed by atoms with Crippen molar-refractivity contribution in [2.75, 3.05) is 19.8 Å². The summed E-state index contributed by atoms with van der Waals surface area (Å²) in [6, 6.07) is 5.01. The number of hydrogen-bond acceptors (Lipinski definition) is 5. The summed E-state index contributed by atoms with van der Waals surface area (Å²) in [4.78, 5) is 12.0. The second-order valence-electron chi connectivity index (χ2n) is 4.49. The van der Waals surface area contributed by atoms with Crippen molar-refractivity contribution in [2.24, 2.45) is 16.8 Å². The van der Waals surface area contributed by atoms with Crippen LogP contribution in [0.3, 0.4) is 0 Å². The third-order valence-corrected chi connectivity index (χ3v) is 2.99. The van der Waals surface area contributed by atoms with Crippen molar-refractivity contribution in [2.45, 2.75) is 6.92 Å². The summed E-state index contributed by atoms with van der Waals surface area (Å²) in [5, 5.41) is 14.2. The van der Waals surface area contributed by atoms with Crippen molar-refractivity contribution in [3.8, 4) is 11.5 Å². The lowest BCUT2D eigenvalue weighted by Crippen LogP contribution is -2.34. The van der Waals surface area contributed by atoms with Crippen LogP contribution in [0.5, 0.6) is 11.5 Å². The van der Waals surface area contributed by atoms with Crippen LogP contribution in [0.15, 0.2) is 23.4 Å². The van der Waals surface area contributed by atoms with E-state index in [0.29, 0.717) is 30.3 Å².